The molecule has 1 N–H and O–H groups in total. The van der Waals surface area contributed by atoms with Crippen molar-refractivity contribution in [2.75, 3.05) is 0 Å². The summed E-state index contributed by atoms with van der Waals surface area (Å²) >= 11 is 0. The minimum Gasteiger partial charge on any atom is -0.340 e. The molecule has 0 amide bonds. The van der Waals surface area contributed by atoms with Gasteiger partial charge < -0.3 is 4.89 Å². The highest BCUT2D eigenvalue weighted by Gasteiger charge is 1.91. The first kappa shape index (κ1) is 10.3. The zero-order valence-electron chi connectivity index (χ0n) is 8.55. The van der Waals surface area contributed by atoms with Crippen LogP contribution in [0.2, 0.25) is 0 Å². The maximum absolute atomic E-state index is 8.40. The highest BCUT2D eigenvalue weighted by atomic mass is 17.1. The van der Waals surface area contributed by atoms with E-state index < -0.39 is 0 Å². The molecular weight excluding hydrogens is 200 g/mol. The maximum Gasteiger partial charge on any atom is 0.165 e. The predicted octanol–water partition coefficient (Wildman–Crippen LogP) is 2.94. The summed E-state index contributed by atoms with van der Waals surface area (Å²) < 4.78 is 0. The third-order valence-corrected chi connectivity index (χ3v) is 2.08. The molecule has 0 saturated heterocycles. The van der Waals surface area contributed by atoms with Crippen LogP contribution >= 0.6 is 0 Å². The SMILES string of the molecule is OOc1ccc(C#Cc2ccccc2)cc1. The lowest BCUT2D eigenvalue weighted by Gasteiger charge is -1.94. The normalized spacial score (nSPS) is 9.06. The lowest BCUT2D eigenvalue weighted by Crippen LogP contribution is -1.83. The van der Waals surface area contributed by atoms with E-state index in [0.717, 1.165) is 11.1 Å². The largest absolute Gasteiger partial charge is 0.340 e. The van der Waals surface area contributed by atoms with Gasteiger partial charge in [-0.3, -0.25) is 0 Å². The highest BCUT2D eigenvalue weighted by molar-refractivity contribution is 5.43. The summed E-state index contributed by atoms with van der Waals surface area (Å²) in [5.74, 6) is 6.48. The summed E-state index contributed by atoms with van der Waals surface area (Å²) in [6.45, 7) is 0. The van der Waals surface area contributed by atoms with Crippen molar-refractivity contribution >= 4 is 0 Å². The van der Waals surface area contributed by atoms with Crippen LogP contribution in [0.1, 0.15) is 11.1 Å². The van der Waals surface area contributed by atoms with Gasteiger partial charge in [-0.2, -0.15) is 0 Å². The molecule has 0 aliphatic heterocycles. The molecule has 78 valence electrons. The Morgan fingerprint density at radius 3 is 1.88 bits per heavy atom. The van der Waals surface area contributed by atoms with E-state index in [9.17, 15) is 0 Å². The second-order valence-electron chi connectivity index (χ2n) is 3.23. The molecule has 0 heterocycles. The van der Waals surface area contributed by atoms with E-state index in [4.69, 9.17) is 5.26 Å². The monoisotopic (exact) mass is 210 g/mol. The van der Waals surface area contributed by atoms with Gasteiger partial charge in [0.2, 0.25) is 0 Å². The Labute approximate surface area is 94.1 Å². The smallest absolute Gasteiger partial charge is 0.165 e. The molecule has 2 aromatic carbocycles. The zero-order chi connectivity index (χ0) is 11.2. The van der Waals surface area contributed by atoms with Crippen molar-refractivity contribution in [2.45, 2.75) is 0 Å². The first-order valence-corrected chi connectivity index (χ1v) is 4.87. The summed E-state index contributed by atoms with van der Waals surface area (Å²) in [5.41, 5.74) is 1.86. The first-order valence-electron chi connectivity index (χ1n) is 4.87. The van der Waals surface area contributed by atoms with Crippen molar-refractivity contribution < 1.29 is 10.1 Å². The quantitative estimate of drug-likeness (QED) is 0.445. The molecule has 2 heteroatoms. The Morgan fingerprint density at radius 1 is 0.750 bits per heavy atom. The molecular formula is C14H10O2. The second-order valence-corrected chi connectivity index (χ2v) is 3.23. The predicted molar refractivity (Wildman–Crippen MR) is 62.1 cm³/mol. The Balaban J connectivity index is 2.18. The number of rotatable bonds is 1. The van der Waals surface area contributed by atoms with Crippen molar-refractivity contribution in [3.05, 3.63) is 65.7 Å². The Bertz CT molecular complexity index is 504. The molecule has 0 aliphatic rings. The van der Waals surface area contributed by atoms with Crippen LogP contribution < -0.4 is 4.89 Å². The van der Waals surface area contributed by atoms with Gasteiger partial charge in [-0.05, 0) is 36.4 Å². The molecule has 0 radical (unpaired) electrons. The molecule has 0 aliphatic carbocycles. The number of hydrogen-bond acceptors (Lipinski definition) is 2. The summed E-state index contributed by atoms with van der Waals surface area (Å²) in [5, 5.41) is 8.40. The molecule has 0 fully saturated rings. The minimum absolute atomic E-state index is 0.408. The molecule has 0 atom stereocenters. The van der Waals surface area contributed by atoms with E-state index in [-0.39, 0.29) is 0 Å². The van der Waals surface area contributed by atoms with Crippen LogP contribution in [0, 0.1) is 11.8 Å². The number of hydrogen-bond donors (Lipinski definition) is 1. The standard InChI is InChI=1S/C14H10O2/c15-16-14-10-8-13(9-11-14)7-6-12-4-2-1-3-5-12/h1-5,8-11,15H. The van der Waals surface area contributed by atoms with Crippen LogP contribution in [0.4, 0.5) is 0 Å². The van der Waals surface area contributed by atoms with Crippen LogP contribution in [0.5, 0.6) is 5.75 Å². The molecule has 0 saturated carbocycles. The lowest BCUT2D eigenvalue weighted by atomic mass is 10.2. The van der Waals surface area contributed by atoms with Crippen LogP contribution in [-0.4, -0.2) is 5.26 Å². The van der Waals surface area contributed by atoms with Gasteiger partial charge in [0, 0.05) is 11.1 Å². The fourth-order valence-corrected chi connectivity index (χ4v) is 1.26. The third kappa shape index (κ3) is 2.63. The summed E-state index contributed by atoms with van der Waals surface area (Å²) in [7, 11) is 0. The third-order valence-electron chi connectivity index (χ3n) is 2.08. The second kappa shape index (κ2) is 5.01. The van der Waals surface area contributed by atoms with Gasteiger partial charge in [-0.1, -0.05) is 30.0 Å². The highest BCUT2D eigenvalue weighted by Crippen LogP contribution is 2.10. The van der Waals surface area contributed by atoms with E-state index in [2.05, 4.69) is 16.7 Å². The molecule has 0 spiro atoms. The van der Waals surface area contributed by atoms with Gasteiger partial charge in [0.25, 0.3) is 0 Å². The van der Waals surface area contributed by atoms with Gasteiger partial charge in [0.15, 0.2) is 5.75 Å². The van der Waals surface area contributed by atoms with Crippen LogP contribution in [0.15, 0.2) is 54.6 Å². The first-order chi connectivity index (χ1) is 7.88. The van der Waals surface area contributed by atoms with Gasteiger partial charge in [0.05, 0.1) is 0 Å². The van der Waals surface area contributed by atoms with E-state index >= 15 is 0 Å². The van der Waals surface area contributed by atoms with E-state index in [1.807, 2.05) is 30.3 Å². The molecule has 2 aromatic rings. The fraction of sp³-hybridized carbons (Fsp3) is 0. The average molecular weight is 210 g/mol. The van der Waals surface area contributed by atoms with Crippen LogP contribution in [0.25, 0.3) is 0 Å². The maximum atomic E-state index is 8.40. The van der Waals surface area contributed by atoms with Gasteiger partial charge >= 0.3 is 0 Å². The van der Waals surface area contributed by atoms with Gasteiger partial charge in [-0.25, -0.2) is 5.26 Å². The van der Waals surface area contributed by atoms with E-state index in [1.165, 1.54) is 0 Å². The molecule has 16 heavy (non-hydrogen) atoms. The van der Waals surface area contributed by atoms with Crippen molar-refractivity contribution in [3.8, 4) is 17.6 Å². The van der Waals surface area contributed by atoms with E-state index in [0.29, 0.717) is 5.75 Å². The molecule has 2 nitrogen and oxygen atoms in total. The molecule has 0 unspecified atom stereocenters. The summed E-state index contributed by atoms with van der Waals surface area (Å²) in [6, 6.07) is 16.7. The number of benzene rings is 2. The van der Waals surface area contributed by atoms with Crippen molar-refractivity contribution in [1.82, 2.24) is 0 Å². The van der Waals surface area contributed by atoms with Crippen LogP contribution in [0.3, 0.4) is 0 Å². The molecule has 0 aromatic heterocycles. The Kier molecular flexibility index (Phi) is 3.22. The van der Waals surface area contributed by atoms with Gasteiger partial charge in [-0.15, -0.1) is 0 Å². The van der Waals surface area contributed by atoms with Crippen molar-refractivity contribution in [1.29, 1.82) is 0 Å². The van der Waals surface area contributed by atoms with Crippen LogP contribution in [-0.2, 0) is 0 Å². The van der Waals surface area contributed by atoms with Crippen molar-refractivity contribution in [2.24, 2.45) is 0 Å². The van der Waals surface area contributed by atoms with E-state index in [1.54, 1.807) is 24.3 Å². The summed E-state index contributed by atoms with van der Waals surface area (Å²) in [6.07, 6.45) is 0. The van der Waals surface area contributed by atoms with Crippen molar-refractivity contribution in [3.63, 3.8) is 0 Å². The fourth-order valence-electron chi connectivity index (χ4n) is 1.26. The zero-order valence-corrected chi connectivity index (χ0v) is 8.55. The summed E-state index contributed by atoms with van der Waals surface area (Å²) in [4.78, 5) is 4.08. The Hall–Kier alpha value is -2.24. The molecule has 2 rings (SSSR count). The minimum atomic E-state index is 0.408. The van der Waals surface area contributed by atoms with Gasteiger partial charge in [0.1, 0.15) is 0 Å². The topological polar surface area (TPSA) is 29.5 Å². The lowest BCUT2D eigenvalue weighted by molar-refractivity contribution is -0.137. The average Bonchev–Trinajstić information content (AvgIpc) is 2.38. The molecule has 0 bridgehead atoms. The Morgan fingerprint density at radius 2 is 1.31 bits per heavy atom.